The van der Waals surface area contributed by atoms with Crippen LogP contribution in [-0.4, -0.2) is 17.4 Å². The molecule has 3 rings (SSSR count). The molecular weight excluding hydrogens is 365 g/mol. The van der Waals surface area contributed by atoms with E-state index in [1.165, 1.54) is 36.5 Å². The topological polar surface area (TPSA) is 42.0 Å². The molecule has 0 bridgehead atoms. The second-order valence-corrected chi connectivity index (χ2v) is 6.46. The van der Waals surface area contributed by atoms with Gasteiger partial charge in [-0.25, -0.2) is 13.2 Å². The van der Waals surface area contributed by atoms with E-state index in [1.807, 2.05) is 0 Å². The lowest BCUT2D eigenvalue weighted by Gasteiger charge is -2.17. The predicted molar refractivity (Wildman–Crippen MR) is 102 cm³/mol. The first-order chi connectivity index (χ1) is 13.4. The van der Waals surface area contributed by atoms with E-state index in [9.17, 15) is 18.0 Å². The highest BCUT2D eigenvalue weighted by atomic mass is 19.3. The predicted octanol–water partition coefficient (Wildman–Crippen LogP) is 5.11. The Bertz CT molecular complexity index is 954. The van der Waals surface area contributed by atoms with Crippen molar-refractivity contribution in [2.45, 2.75) is 19.3 Å². The van der Waals surface area contributed by atoms with E-state index in [0.29, 0.717) is 16.7 Å². The summed E-state index contributed by atoms with van der Waals surface area (Å²) in [6, 6.07) is 15.0. The smallest absolute Gasteiger partial charge is 0.274 e. The molecule has 0 atom stereocenters. The molecule has 0 saturated heterocycles. The number of aromatic nitrogens is 1. The fourth-order valence-electron chi connectivity index (χ4n) is 2.77. The molecule has 3 nitrogen and oxygen atoms in total. The minimum atomic E-state index is -3.12. The second kappa shape index (κ2) is 8.25. The Hall–Kier alpha value is -3.15. The van der Waals surface area contributed by atoms with Gasteiger partial charge >= 0.3 is 0 Å². The molecule has 0 radical (unpaired) electrons. The molecule has 1 amide bonds. The van der Waals surface area contributed by atoms with Crippen LogP contribution >= 0.6 is 0 Å². The number of carbonyl (C=O) groups excluding carboxylic acids is 1. The highest BCUT2D eigenvalue weighted by Gasteiger charge is 2.31. The molecule has 2 aromatic carbocycles. The Morgan fingerprint density at radius 3 is 2.39 bits per heavy atom. The summed E-state index contributed by atoms with van der Waals surface area (Å²) in [4.78, 5) is 16.0. The Morgan fingerprint density at radius 1 is 1.04 bits per heavy atom. The number of rotatable bonds is 6. The van der Waals surface area contributed by atoms with Crippen molar-refractivity contribution in [1.29, 1.82) is 0 Å². The molecule has 0 aliphatic carbocycles. The number of pyridine rings is 1. The van der Waals surface area contributed by atoms with E-state index in [4.69, 9.17) is 0 Å². The van der Waals surface area contributed by atoms with Crippen LogP contribution in [0.3, 0.4) is 0 Å². The summed E-state index contributed by atoms with van der Waals surface area (Å²) in [5.41, 5.74) is 1.79. The van der Waals surface area contributed by atoms with E-state index in [1.54, 1.807) is 37.3 Å². The van der Waals surface area contributed by atoms with Crippen LogP contribution < -0.4 is 5.32 Å². The van der Waals surface area contributed by atoms with Crippen LogP contribution in [0.2, 0.25) is 0 Å². The second-order valence-electron chi connectivity index (χ2n) is 6.46. The Labute approximate surface area is 161 Å². The molecule has 1 heterocycles. The summed E-state index contributed by atoms with van der Waals surface area (Å²) in [5.74, 6) is -3.97. The van der Waals surface area contributed by atoms with Gasteiger partial charge in [0, 0.05) is 36.0 Å². The number of alkyl halides is 2. The van der Waals surface area contributed by atoms with Crippen molar-refractivity contribution in [2.24, 2.45) is 0 Å². The largest absolute Gasteiger partial charge is 0.352 e. The van der Waals surface area contributed by atoms with Crippen molar-refractivity contribution in [3.05, 3.63) is 89.5 Å². The number of carbonyl (C=O) groups is 1. The van der Waals surface area contributed by atoms with Crippen molar-refractivity contribution in [1.82, 2.24) is 10.3 Å². The summed E-state index contributed by atoms with van der Waals surface area (Å²) in [7, 11) is 0. The maximum atomic E-state index is 14.4. The lowest BCUT2D eigenvalue weighted by molar-refractivity contribution is -0.0123. The first-order valence-corrected chi connectivity index (χ1v) is 8.81. The lowest BCUT2D eigenvalue weighted by atomic mass is 9.99. The van der Waals surface area contributed by atoms with Gasteiger partial charge in [-0.05, 0) is 30.7 Å². The number of halogens is 3. The molecule has 144 valence electrons. The standard InChI is InChI=1S/C22H19F3N2O/c1-15-6-7-17(14-27-15)21(28)26-13-12-22(24,25)18-10-8-16(9-11-18)19-4-2-3-5-20(19)23/h2-11,14H,12-13H2,1H3,(H,26,28). The molecule has 0 spiro atoms. The molecule has 0 aliphatic heterocycles. The maximum absolute atomic E-state index is 14.4. The number of hydrogen-bond acceptors (Lipinski definition) is 2. The van der Waals surface area contributed by atoms with Crippen LogP contribution in [0.5, 0.6) is 0 Å². The average molecular weight is 384 g/mol. The molecule has 0 aliphatic rings. The molecule has 1 N–H and O–H groups in total. The molecular formula is C22H19F3N2O. The minimum Gasteiger partial charge on any atom is -0.352 e. The van der Waals surface area contributed by atoms with E-state index >= 15 is 0 Å². The van der Waals surface area contributed by atoms with Gasteiger partial charge in [0.25, 0.3) is 11.8 Å². The zero-order valence-corrected chi connectivity index (χ0v) is 15.3. The van der Waals surface area contributed by atoms with E-state index in [0.717, 1.165) is 5.69 Å². The van der Waals surface area contributed by atoms with Gasteiger partial charge in [0.05, 0.1) is 5.56 Å². The van der Waals surface area contributed by atoms with Gasteiger partial charge in [-0.15, -0.1) is 0 Å². The third kappa shape index (κ3) is 4.57. The number of hydrogen-bond donors (Lipinski definition) is 1. The summed E-state index contributed by atoms with van der Waals surface area (Å²) in [5, 5.41) is 2.48. The van der Waals surface area contributed by atoms with Crippen molar-refractivity contribution in [3.8, 4) is 11.1 Å². The SMILES string of the molecule is Cc1ccc(C(=O)NCCC(F)(F)c2ccc(-c3ccccc3F)cc2)cn1. The lowest BCUT2D eigenvalue weighted by Crippen LogP contribution is -2.28. The maximum Gasteiger partial charge on any atom is 0.274 e. The van der Waals surface area contributed by atoms with Crippen LogP contribution in [0.4, 0.5) is 13.2 Å². The number of nitrogens with one attached hydrogen (secondary N) is 1. The molecule has 0 unspecified atom stereocenters. The van der Waals surface area contributed by atoms with Crippen LogP contribution in [0, 0.1) is 12.7 Å². The van der Waals surface area contributed by atoms with Gasteiger partial charge in [0.1, 0.15) is 5.82 Å². The molecule has 28 heavy (non-hydrogen) atoms. The first-order valence-electron chi connectivity index (χ1n) is 8.81. The molecule has 0 fully saturated rings. The Kier molecular flexibility index (Phi) is 5.78. The van der Waals surface area contributed by atoms with Crippen LogP contribution in [0.15, 0.2) is 66.9 Å². The van der Waals surface area contributed by atoms with Crippen LogP contribution in [-0.2, 0) is 5.92 Å². The summed E-state index contributed by atoms with van der Waals surface area (Å²) in [6.07, 6.45) is 0.862. The van der Waals surface area contributed by atoms with Crippen molar-refractivity contribution in [2.75, 3.05) is 6.54 Å². The van der Waals surface area contributed by atoms with Crippen LogP contribution in [0.25, 0.3) is 11.1 Å². The fourth-order valence-corrected chi connectivity index (χ4v) is 2.77. The number of amides is 1. The normalized spacial score (nSPS) is 11.3. The monoisotopic (exact) mass is 384 g/mol. The van der Waals surface area contributed by atoms with Gasteiger partial charge in [0.15, 0.2) is 0 Å². The Morgan fingerprint density at radius 2 is 1.75 bits per heavy atom. The zero-order chi connectivity index (χ0) is 20.1. The number of benzene rings is 2. The number of aryl methyl sites for hydroxylation is 1. The van der Waals surface area contributed by atoms with Gasteiger partial charge in [-0.3, -0.25) is 9.78 Å². The van der Waals surface area contributed by atoms with Crippen LogP contribution in [0.1, 0.15) is 28.0 Å². The third-order valence-electron chi connectivity index (χ3n) is 4.39. The molecule has 1 aromatic heterocycles. The quantitative estimate of drug-likeness (QED) is 0.642. The average Bonchev–Trinajstić information content (AvgIpc) is 2.69. The number of nitrogens with zero attached hydrogens (tertiary/aromatic N) is 1. The molecule has 6 heteroatoms. The van der Waals surface area contributed by atoms with Gasteiger partial charge in [-0.1, -0.05) is 42.5 Å². The first kappa shape index (κ1) is 19.6. The minimum absolute atomic E-state index is 0.182. The molecule has 0 saturated carbocycles. The van der Waals surface area contributed by atoms with Gasteiger partial charge < -0.3 is 5.32 Å². The van der Waals surface area contributed by atoms with E-state index < -0.39 is 24.1 Å². The summed E-state index contributed by atoms with van der Waals surface area (Å²) >= 11 is 0. The highest BCUT2D eigenvalue weighted by Crippen LogP contribution is 2.33. The van der Waals surface area contributed by atoms with E-state index in [2.05, 4.69) is 10.3 Å². The van der Waals surface area contributed by atoms with Crippen molar-refractivity contribution >= 4 is 5.91 Å². The molecule has 3 aromatic rings. The van der Waals surface area contributed by atoms with Crippen molar-refractivity contribution < 1.29 is 18.0 Å². The highest BCUT2D eigenvalue weighted by molar-refractivity contribution is 5.93. The third-order valence-corrected chi connectivity index (χ3v) is 4.39. The summed E-state index contributed by atoms with van der Waals surface area (Å²) in [6.45, 7) is 1.61. The van der Waals surface area contributed by atoms with Gasteiger partial charge in [-0.2, -0.15) is 0 Å². The fraction of sp³-hybridized carbons (Fsp3) is 0.182. The zero-order valence-electron chi connectivity index (χ0n) is 15.3. The van der Waals surface area contributed by atoms with E-state index in [-0.39, 0.29) is 12.1 Å². The Balaban J connectivity index is 1.62. The van der Waals surface area contributed by atoms with Gasteiger partial charge in [0.2, 0.25) is 0 Å². The van der Waals surface area contributed by atoms with Crippen molar-refractivity contribution in [3.63, 3.8) is 0 Å². The summed E-state index contributed by atoms with van der Waals surface area (Å²) < 4.78 is 42.7.